The van der Waals surface area contributed by atoms with Crippen molar-refractivity contribution in [2.45, 2.75) is 259 Å². The molecular formula is C96H152N8O16. The average molecular weight is 1790 g/mol. The van der Waals surface area contributed by atoms with E-state index in [2.05, 4.69) is 0 Å². The Balaban J connectivity index is 0.000000334. The van der Waals surface area contributed by atoms with Gasteiger partial charge in [-0.15, -0.1) is 0 Å². The predicted octanol–water partition coefficient (Wildman–Crippen LogP) is 14.3. The monoisotopic (exact) mass is 1790 g/mol. The fraction of sp³-hybridized carbons (Fsp3) is 0.708. The highest BCUT2D eigenvalue weighted by Gasteiger charge is 2.47. The molecule has 0 saturated carbocycles. The van der Waals surface area contributed by atoms with Crippen molar-refractivity contribution in [1.29, 1.82) is 0 Å². The maximum Gasteiger partial charge on any atom is 0.323 e. The van der Waals surface area contributed by atoms with Crippen LogP contribution in [0, 0.1) is 70.7 Å². The first-order valence-electron chi connectivity index (χ1n) is 89.8. The third-order valence-corrected chi connectivity index (χ3v) is 14.9. The summed E-state index contributed by atoms with van der Waals surface area (Å²) in [5, 5.41) is 0. The minimum atomic E-state index is -5.28. The maximum absolute atomic E-state index is 14.1. The molecule has 24 heteroatoms. The second-order valence-electron chi connectivity index (χ2n) is 23.2. The van der Waals surface area contributed by atoms with Gasteiger partial charge in [0, 0.05) is 246 Å². The molecule has 0 spiro atoms. The Hall–Kier alpha value is -7.16. The lowest BCUT2D eigenvalue weighted by atomic mass is 9.79. The molecule has 0 aromatic heterocycles. The molecule has 0 amide bonds. The Labute approximate surface area is 878 Å². The number of piperidine rings is 4. The highest BCUT2D eigenvalue weighted by molar-refractivity contribution is 5.77. The first-order valence-corrected chi connectivity index (χ1v) is 32.8. The zero-order valence-electron chi connectivity index (χ0n) is 178. The molecule has 4 aromatic carbocycles. The van der Waals surface area contributed by atoms with Crippen molar-refractivity contribution >= 4 is 23.9 Å². The van der Waals surface area contributed by atoms with Gasteiger partial charge < -0.3 is 79.8 Å². The molecule has 0 radical (unpaired) electrons. The van der Waals surface area contributed by atoms with Crippen molar-refractivity contribution in [3.8, 4) is 46.0 Å². The molecule has 12 rings (SSSR count). The van der Waals surface area contributed by atoms with Crippen LogP contribution in [0.15, 0.2) is 48.3 Å². The normalized spacial score (nSPS) is 58.2. The van der Waals surface area contributed by atoms with Crippen molar-refractivity contribution in [2.75, 3.05) is 109 Å². The van der Waals surface area contributed by atoms with E-state index in [1.807, 2.05) is 0 Å². The summed E-state index contributed by atoms with van der Waals surface area (Å²) in [7, 11) is -2.43. The van der Waals surface area contributed by atoms with Crippen molar-refractivity contribution in [3.05, 3.63) is 92.8 Å². The van der Waals surface area contributed by atoms with Gasteiger partial charge in [0.15, 0.2) is 46.0 Å². The molecule has 0 aliphatic carbocycles. The molecule has 672 valence electrons. The number of benzene rings is 4. The number of ether oxygens (including phenoxy) is 12. The molecule has 8 N–H and O–H groups in total. The van der Waals surface area contributed by atoms with Crippen LogP contribution in [0.1, 0.15) is 386 Å². The van der Waals surface area contributed by atoms with Crippen LogP contribution in [-0.2, 0) is 63.6 Å². The third kappa shape index (κ3) is 23.8. The number of fused-ring (bicyclic) bond motifs is 12. The number of carbonyl (C=O) groups is 4. The average Bonchev–Trinajstić information content (AvgIpc) is 0.629. The minimum Gasteiger partial charge on any atom is -0.493 e. The van der Waals surface area contributed by atoms with E-state index in [1.54, 1.807) is 0 Å². The minimum absolute atomic E-state index is 0.132. The molecular weight excluding hydrogens is 1520 g/mol. The number of carbonyl (C=O) groups excluding carboxylic acids is 4. The fourth-order valence-electron chi connectivity index (χ4n) is 9.61. The van der Waals surface area contributed by atoms with Gasteiger partial charge in [-0.05, 0) is 191 Å². The van der Waals surface area contributed by atoms with E-state index >= 15 is 0 Å². The topological polar surface area (TPSA) is 296 Å². The molecule has 24 nitrogen and oxygen atoms in total. The lowest BCUT2D eigenvalue weighted by Crippen LogP contribution is -2.51. The Morgan fingerprint density at radius 3 is 0.750 bits per heavy atom. The Kier molecular flexibility index (Phi) is 9.37. The summed E-state index contributed by atoms with van der Waals surface area (Å²) in [4.78, 5) is 52.7. The molecule has 8 heterocycles. The number of esters is 4. The quantitative estimate of drug-likeness (QED) is 0.0303. The zero-order chi connectivity index (χ0) is 188. The van der Waals surface area contributed by atoms with Crippen LogP contribution in [0.2, 0.25) is 0 Å². The molecule has 4 saturated heterocycles. The van der Waals surface area contributed by atoms with E-state index in [1.165, 1.54) is 0 Å². The highest BCUT2D eigenvalue weighted by atomic mass is 16.6. The van der Waals surface area contributed by atoms with Crippen LogP contribution in [0.4, 0.5) is 0 Å². The van der Waals surface area contributed by atoms with E-state index in [0.29, 0.717) is 14.2 Å². The first kappa shape index (κ1) is 25.6. The highest BCUT2D eigenvalue weighted by Crippen LogP contribution is 2.50. The molecule has 4 fully saturated rings. The van der Waals surface area contributed by atoms with Crippen molar-refractivity contribution in [3.63, 3.8) is 0 Å². The predicted molar refractivity (Wildman–Crippen MR) is 471 cm³/mol. The van der Waals surface area contributed by atoms with Crippen LogP contribution in [0.25, 0.3) is 0 Å². The van der Waals surface area contributed by atoms with Gasteiger partial charge in [0.25, 0.3) is 0 Å². The number of hydrogen-bond donors (Lipinski definition) is 4. The fourth-order valence-corrected chi connectivity index (χ4v) is 9.61. The number of rotatable bonds is 28. The van der Waals surface area contributed by atoms with Gasteiger partial charge in [-0.3, -0.25) is 38.8 Å². The molecule has 20 atom stereocenters. The summed E-state index contributed by atoms with van der Waals surface area (Å²) < 4.78 is 1030. The standard InChI is InChI=1S/4C24H38N2O4/c4*1-14(2)9-17-13-26-8-7-16-10-21(28-5)22(29-6)11-18(16)19(26)12-20(17)30-24(27)23(25)15(3)4/h4*10-11,14-15,17,19-20,23H,7-9,12-13,25H2,1-6H3/t4*17?,19?,20?,23-/m0000/s1/i2*1D3,3D3,4D3,5D3,7D2,8D2,9D2,10D,11D,12D2,13D2,14D,15D,17D,19D,20D,23D;2*1D3,3D3,4D3,7D2,8D2,9D2,10D,11D,12D2,13D2,14D,15D,17D,19D,20D,23D/t4*14?,17?,19?,20?,23-. The molecule has 16 unspecified atom stereocenters. The molecule has 0 bridgehead atoms. The van der Waals surface area contributed by atoms with Crippen molar-refractivity contribution in [1.82, 2.24) is 19.6 Å². The summed E-state index contributed by atoms with van der Waals surface area (Å²) in [5.74, 6) is -76.0. The first-order chi connectivity index (χ1) is 101. The molecule has 8 aliphatic rings. The summed E-state index contributed by atoms with van der Waals surface area (Å²) in [6, 6.07) is -48.5. The van der Waals surface area contributed by atoms with Gasteiger partial charge in [-0.1, -0.05) is 110 Å². The van der Waals surface area contributed by atoms with E-state index in [-0.39, 0.29) is 27.7 Å². The number of hydrogen-bond acceptors (Lipinski definition) is 24. The van der Waals surface area contributed by atoms with Crippen LogP contribution in [-0.4, -0.2) is 201 Å². The van der Waals surface area contributed by atoms with Crippen molar-refractivity contribution in [2.24, 2.45) is 93.7 Å². The van der Waals surface area contributed by atoms with Crippen molar-refractivity contribution < 1.29 is 232 Å². The Morgan fingerprint density at radius 2 is 0.567 bits per heavy atom. The van der Waals surface area contributed by atoms with E-state index < -0.39 is 550 Å². The van der Waals surface area contributed by atoms with Gasteiger partial charge in [0.2, 0.25) is 0 Å². The summed E-state index contributed by atoms with van der Waals surface area (Å²) in [6.07, 6.45) is -76.1. The van der Waals surface area contributed by atoms with Crippen LogP contribution in [0.3, 0.4) is 0 Å². The van der Waals surface area contributed by atoms with Gasteiger partial charge in [-0.2, -0.15) is 0 Å². The SMILES string of the molecule is [2H]c1c(OC([2H])([2H])[2H])c(OC)c([2H])c2c1C([2H])([2H])C([2H])([2H])N1C([2H])([2H])C([2H])(C([2H])([2H])C([2H])(C)C([2H])([2H])[2H])C([2H])(OC(=O)[C@@]([2H])(N)C([2H])(C([2H])([2H])[2H])C([2H])([2H])[2H])C([2H])([2H])C21[2H].[2H]c1c(OC([2H])([2H])[2H])c(OC)c([2H])c2c1C([2H])([2H])C([2H])([2H])N1C([2H])([2H])C([2H])(C([2H])([2H])C([2H])(C)C([2H])([2H])[2H])C([2H])(OC(=O)[C@@]([2H])(N)C([2H])(C([2H])([2H])[2H])C([2H])([2H])[2H])C([2H])([2H])C21[2H].[2H]c1c(OC)c(OC)c([2H])c2c1C([2H])([2H])C([2H])([2H])N1C([2H])([2H])C([2H])(C([2H])([2H])C([2H])(C)C([2H])([2H])[2H])C([2H])(OC(=O)[C@@]([2H])(N)C([2H])(C([2H])([2H])[2H])C([2H])([2H])[2H])C([2H])([2H])C21[2H].[2H]c1c(OC)c(OC)c([2H])c2c1C([2H])([2H])C([2H])([2H])N1C([2H])([2H])C([2H])(C([2H])([2H])C([2H])(C)C([2H])([2H])[2H])C([2H])(OC(=O)[C@@]([2H])(N)C([2H])(C([2H])([2H])[2H])C([2H])([2H])[2H])C([2H])([2H])C21[2H]. The zero-order valence-corrected chi connectivity index (χ0v) is 63.6. The van der Waals surface area contributed by atoms with Gasteiger partial charge in [-0.25, -0.2) is 0 Å². The Morgan fingerprint density at radius 1 is 0.367 bits per heavy atom. The second kappa shape index (κ2) is 43.9. The lowest BCUT2D eigenvalue weighted by Gasteiger charge is -2.47. The smallest absolute Gasteiger partial charge is 0.323 e. The number of nitrogens with two attached hydrogens (primary N) is 4. The Bertz CT molecular complexity index is 9010. The van der Waals surface area contributed by atoms with E-state index in [9.17, 15) is 57.6 Å². The number of methoxy groups -OCH3 is 8. The molecule has 4 aromatic rings. The number of nitrogens with zero attached hydrogens (tertiary/aromatic N) is 4. The lowest BCUT2D eigenvalue weighted by molar-refractivity contribution is -0.161. The largest absolute Gasteiger partial charge is 0.493 e. The summed E-state index contributed by atoms with van der Waals surface area (Å²) in [5.41, 5.74) is 9.14. The molecule has 8 aliphatic heterocycles. The van der Waals surface area contributed by atoms with Crippen LogP contribution >= 0.6 is 0 Å². The van der Waals surface area contributed by atoms with E-state index in [0.717, 1.165) is 28.4 Å². The molecule has 120 heavy (non-hydrogen) atoms. The summed E-state index contributed by atoms with van der Waals surface area (Å²) in [6.45, 7) is -87.8. The maximum atomic E-state index is 14.1. The summed E-state index contributed by atoms with van der Waals surface area (Å²) >= 11 is 0. The van der Waals surface area contributed by atoms with Crippen LogP contribution < -0.4 is 60.8 Å². The van der Waals surface area contributed by atoms with E-state index in [4.69, 9.17) is 198 Å². The van der Waals surface area contributed by atoms with Gasteiger partial charge in [0.1, 0.15) is 48.4 Å². The van der Waals surface area contributed by atoms with Gasteiger partial charge in [0.05, 0.1) is 92.4 Å². The van der Waals surface area contributed by atoms with Crippen LogP contribution in [0.5, 0.6) is 46.0 Å². The van der Waals surface area contributed by atoms with Gasteiger partial charge >= 0.3 is 23.9 Å². The second-order valence-corrected chi connectivity index (χ2v) is 23.2. The third-order valence-electron chi connectivity index (χ3n) is 14.9.